The number of amides is 1. The van der Waals surface area contributed by atoms with E-state index in [1.807, 2.05) is 0 Å². The molecule has 5 rings (SSSR count). The topological polar surface area (TPSA) is 123 Å². The average molecular weight is 502 g/mol. The van der Waals surface area contributed by atoms with Crippen molar-refractivity contribution in [3.8, 4) is 5.75 Å². The summed E-state index contributed by atoms with van der Waals surface area (Å²) in [5.41, 5.74) is 1.04. The highest BCUT2D eigenvalue weighted by atomic mass is 32.2. The van der Waals surface area contributed by atoms with E-state index in [4.69, 9.17) is 4.74 Å². The standard InChI is InChI=1S/C23H24FN5O5S/c24-15-1-3-18-20(11-15)29(23(31)13-25-18)10-9-28-7-5-16(6-8-28)27-35(32,33)17-2-4-21-19(12-17)26-22(30)14-34-21/h1-4,11-13,16,27H,5-10,14H2,(H,26,30). The van der Waals surface area contributed by atoms with Crippen molar-refractivity contribution in [1.82, 2.24) is 19.2 Å². The molecule has 1 saturated heterocycles. The van der Waals surface area contributed by atoms with E-state index < -0.39 is 15.8 Å². The molecule has 12 heteroatoms. The van der Waals surface area contributed by atoms with Gasteiger partial charge in [0.05, 0.1) is 27.8 Å². The summed E-state index contributed by atoms with van der Waals surface area (Å²) >= 11 is 0. The van der Waals surface area contributed by atoms with Gasteiger partial charge >= 0.3 is 0 Å². The Bertz CT molecular complexity index is 1450. The fourth-order valence-electron chi connectivity index (χ4n) is 4.40. The van der Waals surface area contributed by atoms with E-state index in [0.717, 1.165) is 0 Å². The van der Waals surface area contributed by atoms with Crippen molar-refractivity contribution in [2.75, 3.05) is 31.6 Å². The van der Waals surface area contributed by atoms with E-state index in [0.29, 0.717) is 61.5 Å². The summed E-state index contributed by atoms with van der Waals surface area (Å²) in [7, 11) is -3.78. The Kier molecular flexibility index (Phi) is 6.26. The number of aromatic nitrogens is 2. The van der Waals surface area contributed by atoms with Crippen LogP contribution in [0, 0.1) is 5.82 Å². The van der Waals surface area contributed by atoms with Crippen LogP contribution in [0.3, 0.4) is 0 Å². The van der Waals surface area contributed by atoms with Gasteiger partial charge in [-0.05, 0) is 62.3 Å². The first-order chi connectivity index (χ1) is 16.8. The Morgan fingerprint density at radius 3 is 2.71 bits per heavy atom. The molecule has 10 nitrogen and oxygen atoms in total. The molecule has 0 aliphatic carbocycles. The minimum absolute atomic E-state index is 0.0562. The fourth-order valence-corrected chi connectivity index (χ4v) is 5.73. The van der Waals surface area contributed by atoms with Gasteiger partial charge in [-0.2, -0.15) is 0 Å². The first-order valence-electron chi connectivity index (χ1n) is 11.2. The predicted molar refractivity (Wildman–Crippen MR) is 126 cm³/mol. The van der Waals surface area contributed by atoms with E-state index in [1.54, 1.807) is 6.07 Å². The van der Waals surface area contributed by atoms with Crippen LogP contribution in [0.25, 0.3) is 11.0 Å². The number of anilines is 1. The van der Waals surface area contributed by atoms with Gasteiger partial charge < -0.3 is 19.5 Å². The second-order valence-electron chi connectivity index (χ2n) is 8.61. The van der Waals surface area contributed by atoms with Crippen molar-refractivity contribution in [2.24, 2.45) is 0 Å². The zero-order valence-electron chi connectivity index (χ0n) is 18.7. The van der Waals surface area contributed by atoms with Gasteiger partial charge in [0.25, 0.3) is 11.5 Å². The van der Waals surface area contributed by atoms with Crippen molar-refractivity contribution < 1.29 is 22.3 Å². The number of nitrogens with one attached hydrogen (secondary N) is 2. The lowest BCUT2D eigenvalue weighted by Gasteiger charge is -2.32. The largest absolute Gasteiger partial charge is 0.482 e. The van der Waals surface area contributed by atoms with Crippen molar-refractivity contribution in [1.29, 1.82) is 0 Å². The molecular weight excluding hydrogens is 477 g/mol. The molecule has 1 aromatic heterocycles. The minimum atomic E-state index is -3.78. The lowest BCUT2D eigenvalue weighted by molar-refractivity contribution is -0.118. The molecule has 1 fully saturated rings. The lowest BCUT2D eigenvalue weighted by atomic mass is 10.1. The number of halogens is 1. The Hall–Kier alpha value is -3.35. The summed E-state index contributed by atoms with van der Waals surface area (Å²) in [6, 6.07) is 8.30. The van der Waals surface area contributed by atoms with Crippen molar-refractivity contribution in [2.45, 2.75) is 30.3 Å². The summed E-state index contributed by atoms with van der Waals surface area (Å²) < 4.78 is 49.0. The number of likely N-dealkylation sites (tertiary alicyclic amines) is 1. The first-order valence-corrected chi connectivity index (χ1v) is 12.7. The smallest absolute Gasteiger partial charge is 0.269 e. The third-order valence-corrected chi connectivity index (χ3v) is 7.77. The third-order valence-electron chi connectivity index (χ3n) is 6.25. The number of sulfonamides is 1. The zero-order chi connectivity index (χ0) is 24.6. The van der Waals surface area contributed by atoms with Gasteiger partial charge in [-0.25, -0.2) is 22.5 Å². The van der Waals surface area contributed by atoms with E-state index in [2.05, 4.69) is 19.9 Å². The van der Waals surface area contributed by atoms with Crippen LogP contribution in [0.4, 0.5) is 10.1 Å². The number of carbonyl (C=O) groups excluding carboxylic acids is 1. The van der Waals surface area contributed by atoms with Gasteiger partial charge in [-0.3, -0.25) is 9.59 Å². The van der Waals surface area contributed by atoms with E-state index in [1.165, 1.54) is 41.1 Å². The molecule has 0 unspecified atom stereocenters. The number of hydrogen-bond donors (Lipinski definition) is 2. The number of ether oxygens (including phenoxy) is 1. The second-order valence-corrected chi connectivity index (χ2v) is 10.3. The van der Waals surface area contributed by atoms with Gasteiger partial charge in [-0.1, -0.05) is 0 Å². The SMILES string of the molecule is O=C1COc2ccc(S(=O)(=O)NC3CCN(CCn4c(=O)cnc5ccc(F)cc54)CC3)cc2N1. The van der Waals surface area contributed by atoms with Gasteiger partial charge in [0.15, 0.2) is 6.61 Å². The van der Waals surface area contributed by atoms with Crippen LogP contribution in [0.2, 0.25) is 0 Å². The summed E-state index contributed by atoms with van der Waals surface area (Å²) in [4.78, 5) is 30.1. The molecule has 35 heavy (non-hydrogen) atoms. The number of hydrogen-bond acceptors (Lipinski definition) is 7. The van der Waals surface area contributed by atoms with Crippen LogP contribution in [0.15, 0.2) is 52.3 Å². The lowest BCUT2D eigenvalue weighted by Crippen LogP contribution is -2.45. The van der Waals surface area contributed by atoms with Gasteiger partial charge in [0.2, 0.25) is 10.0 Å². The summed E-state index contributed by atoms with van der Waals surface area (Å²) in [6.07, 6.45) is 2.44. The Balaban J connectivity index is 1.19. The molecule has 2 aliphatic heterocycles. The number of benzene rings is 2. The quantitative estimate of drug-likeness (QED) is 0.522. The Morgan fingerprint density at radius 1 is 1.11 bits per heavy atom. The molecule has 0 bridgehead atoms. The highest BCUT2D eigenvalue weighted by molar-refractivity contribution is 7.89. The van der Waals surface area contributed by atoms with E-state index >= 15 is 0 Å². The maximum atomic E-state index is 13.7. The molecule has 2 N–H and O–H groups in total. The molecule has 1 amide bonds. The zero-order valence-corrected chi connectivity index (χ0v) is 19.6. The molecule has 184 valence electrons. The first kappa shape index (κ1) is 23.4. The highest BCUT2D eigenvalue weighted by Crippen LogP contribution is 2.30. The summed E-state index contributed by atoms with van der Waals surface area (Å²) in [5.74, 6) is -0.333. The van der Waals surface area contributed by atoms with Gasteiger partial charge in [0.1, 0.15) is 11.6 Å². The molecule has 2 aromatic carbocycles. The molecule has 3 aromatic rings. The molecule has 0 radical (unpaired) electrons. The average Bonchev–Trinajstić information content (AvgIpc) is 2.83. The fraction of sp³-hybridized carbons (Fsp3) is 0.348. The van der Waals surface area contributed by atoms with Crippen molar-refractivity contribution >= 4 is 32.7 Å². The summed E-state index contributed by atoms with van der Waals surface area (Å²) in [5, 5.41) is 2.62. The van der Waals surface area contributed by atoms with Crippen LogP contribution in [0.5, 0.6) is 5.75 Å². The molecule has 0 saturated carbocycles. The van der Waals surface area contributed by atoms with E-state index in [9.17, 15) is 22.4 Å². The molecule has 0 spiro atoms. The molecule has 0 atom stereocenters. The normalized spacial score (nSPS) is 17.1. The van der Waals surface area contributed by atoms with Crippen LogP contribution in [0.1, 0.15) is 12.8 Å². The van der Waals surface area contributed by atoms with Crippen molar-refractivity contribution in [3.63, 3.8) is 0 Å². The third kappa shape index (κ3) is 5.04. The number of nitrogens with zero attached hydrogens (tertiary/aromatic N) is 3. The summed E-state index contributed by atoms with van der Waals surface area (Å²) in [6.45, 7) is 2.14. The van der Waals surface area contributed by atoms with E-state index in [-0.39, 0.29) is 29.0 Å². The van der Waals surface area contributed by atoms with Gasteiger partial charge in [-0.15, -0.1) is 0 Å². The monoisotopic (exact) mass is 501 g/mol. The Labute approximate surface area is 200 Å². The van der Waals surface area contributed by atoms with Crippen molar-refractivity contribution in [3.05, 3.63) is 58.8 Å². The van der Waals surface area contributed by atoms with Crippen LogP contribution in [-0.2, 0) is 21.4 Å². The number of carbonyl (C=O) groups is 1. The molecule has 2 aliphatic rings. The number of fused-ring (bicyclic) bond motifs is 2. The van der Waals surface area contributed by atoms with Crippen LogP contribution < -0.4 is 20.3 Å². The predicted octanol–water partition coefficient (Wildman–Crippen LogP) is 1.31. The van der Waals surface area contributed by atoms with Crippen LogP contribution >= 0.6 is 0 Å². The van der Waals surface area contributed by atoms with Crippen LogP contribution in [-0.4, -0.2) is 61.1 Å². The highest BCUT2D eigenvalue weighted by Gasteiger charge is 2.26. The number of rotatable bonds is 6. The molecule has 3 heterocycles. The van der Waals surface area contributed by atoms with Gasteiger partial charge in [0, 0.05) is 19.1 Å². The Morgan fingerprint density at radius 2 is 1.91 bits per heavy atom. The molecular formula is C23H24FN5O5S. The minimum Gasteiger partial charge on any atom is -0.482 e. The number of piperidine rings is 1. The maximum absolute atomic E-state index is 13.7. The maximum Gasteiger partial charge on any atom is 0.269 e. The second kappa shape index (κ2) is 9.36.